The molecule has 0 saturated carbocycles. The summed E-state index contributed by atoms with van der Waals surface area (Å²) >= 11 is 0. The van der Waals surface area contributed by atoms with Crippen molar-refractivity contribution in [1.29, 1.82) is 0 Å². The van der Waals surface area contributed by atoms with Crippen LogP contribution in [0.5, 0.6) is 0 Å². The van der Waals surface area contributed by atoms with Gasteiger partial charge < -0.3 is 9.42 Å². The predicted octanol–water partition coefficient (Wildman–Crippen LogP) is 2.72. The quantitative estimate of drug-likeness (QED) is 0.792. The van der Waals surface area contributed by atoms with Crippen LogP contribution in [0.15, 0.2) is 28.8 Å². The number of aromatic nitrogens is 1. The van der Waals surface area contributed by atoms with Gasteiger partial charge in [-0.3, -0.25) is 4.79 Å². The Balaban J connectivity index is 1.97. The van der Waals surface area contributed by atoms with Crippen LogP contribution in [0.2, 0.25) is 0 Å². The van der Waals surface area contributed by atoms with Gasteiger partial charge in [-0.1, -0.05) is 5.16 Å². The van der Waals surface area contributed by atoms with Crippen molar-refractivity contribution in [2.45, 2.75) is 19.8 Å². The minimum absolute atomic E-state index is 0.217. The van der Waals surface area contributed by atoms with Crippen molar-refractivity contribution in [3.05, 3.63) is 47.1 Å². The third-order valence-corrected chi connectivity index (χ3v) is 3.24. The highest BCUT2D eigenvalue weighted by atomic mass is 19.1. The summed E-state index contributed by atoms with van der Waals surface area (Å²) in [7, 11) is 0. The Hall–Kier alpha value is -2.17. The zero-order valence-corrected chi connectivity index (χ0v) is 10.5. The molecule has 0 saturated heterocycles. The standard InChI is InChI=1S/C14H13FN2O2/c1-9-7-13(19-16-9)14(18)17-6-2-3-10-8-11(15)4-5-12(10)17/h4-5,7-8H,2-3,6H2,1H3. The number of hydrogen-bond acceptors (Lipinski definition) is 3. The molecule has 0 radical (unpaired) electrons. The first-order valence-corrected chi connectivity index (χ1v) is 6.19. The van der Waals surface area contributed by atoms with Crippen LogP contribution in [-0.2, 0) is 6.42 Å². The number of nitrogens with zero attached hydrogens (tertiary/aromatic N) is 2. The monoisotopic (exact) mass is 260 g/mol. The van der Waals surface area contributed by atoms with Gasteiger partial charge in [0.25, 0.3) is 5.91 Å². The second kappa shape index (κ2) is 4.50. The molecular formula is C14H13FN2O2. The molecule has 5 heteroatoms. The van der Waals surface area contributed by atoms with Crippen molar-refractivity contribution < 1.29 is 13.7 Å². The Morgan fingerprint density at radius 3 is 3.00 bits per heavy atom. The van der Waals surface area contributed by atoms with Crippen molar-refractivity contribution in [3.8, 4) is 0 Å². The summed E-state index contributed by atoms with van der Waals surface area (Å²) in [6, 6.07) is 6.11. The molecule has 3 rings (SSSR count). The number of carbonyl (C=O) groups is 1. The Bertz CT molecular complexity index is 636. The Morgan fingerprint density at radius 1 is 1.42 bits per heavy atom. The van der Waals surface area contributed by atoms with Gasteiger partial charge in [-0.15, -0.1) is 0 Å². The highest BCUT2D eigenvalue weighted by Crippen LogP contribution is 2.29. The lowest BCUT2D eigenvalue weighted by Crippen LogP contribution is -2.35. The van der Waals surface area contributed by atoms with E-state index in [0.29, 0.717) is 12.2 Å². The van der Waals surface area contributed by atoms with Crippen molar-refractivity contribution >= 4 is 11.6 Å². The molecular weight excluding hydrogens is 247 g/mol. The topological polar surface area (TPSA) is 46.3 Å². The normalized spacial score (nSPS) is 14.3. The fourth-order valence-corrected chi connectivity index (χ4v) is 2.37. The molecule has 1 aliphatic rings. The number of benzene rings is 1. The van der Waals surface area contributed by atoms with Gasteiger partial charge in [0.05, 0.1) is 5.69 Å². The summed E-state index contributed by atoms with van der Waals surface area (Å²) in [5.41, 5.74) is 2.28. The van der Waals surface area contributed by atoms with Crippen LogP contribution in [0.3, 0.4) is 0 Å². The van der Waals surface area contributed by atoms with Crippen LogP contribution in [0.1, 0.15) is 28.2 Å². The second-order valence-electron chi connectivity index (χ2n) is 4.67. The number of anilines is 1. The van der Waals surface area contributed by atoms with Crippen LogP contribution < -0.4 is 4.90 Å². The van der Waals surface area contributed by atoms with Crippen molar-refractivity contribution in [2.24, 2.45) is 0 Å². The zero-order chi connectivity index (χ0) is 13.4. The molecule has 1 aromatic carbocycles. The first-order chi connectivity index (χ1) is 9.15. The van der Waals surface area contributed by atoms with Crippen LogP contribution in [-0.4, -0.2) is 17.6 Å². The SMILES string of the molecule is Cc1cc(C(=O)N2CCCc3cc(F)ccc32)on1. The maximum absolute atomic E-state index is 13.2. The van der Waals surface area contributed by atoms with E-state index >= 15 is 0 Å². The number of rotatable bonds is 1. The third-order valence-electron chi connectivity index (χ3n) is 3.24. The fraction of sp³-hybridized carbons (Fsp3) is 0.286. The van der Waals surface area contributed by atoms with E-state index in [1.165, 1.54) is 12.1 Å². The van der Waals surface area contributed by atoms with Gasteiger partial charge in [0, 0.05) is 18.3 Å². The van der Waals surface area contributed by atoms with E-state index in [9.17, 15) is 9.18 Å². The molecule has 0 spiro atoms. The van der Waals surface area contributed by atoms with Crippen LogP contribution >= 0.6 is 0 Å². The first kappa shape index (κ1) is 11.9. The Kier molecular flexibility index (Phi) is 2.81. The van der Waals surface area contributed by atoms with Crippen molar-refractivity contribution in [2.75, 3.05) is 11.4 Å². The highest BCUT2D eigenvalue weighted by molar-refractivity contribution is 6.04. The van der Waals surface area contributed by atoms with Crippen LogP contribution in [0, 0.1) is 12.7 Å². The summed E-state index contributed by atoms with van der Waals surface area (Å²) in [4.78, 5) is 14.0. The van der Waals surface area contributed by atoms with Gasteiger partial charge in [0.1, 0.15) is 5.82 Å². The van der Waals surface area contributed by atoms with Crippen LogP contribution in [0.4, 0.5) is 10.1 Å². The lowest BCUT2D eigenvalue weighted by Gasteiger charge is -2.28. The lowest BCUT2D eigenvalue weighted by atomic mass is 10.0. The first-order valence-electron chi connectivity index (χ1n) is 6.19. The average Bonchev–Trinajstić information content (AvgIpc) is 2.83. The van der Waals surface area contributed by atoms with Gasteiger partial charge in [0.15, 0.2) is 0 Å². The molecule has 0 bridgehead atoms. The summed E-state index contributed by atoms with van der Waals surface area (Å²) in [5, 5.41) is 3.72. The molecule has 0 fully saturated rings. The highest BCUT2D eigenvalue weighted by Gasteiger charge is 2.26. The molecule has 0 N–H and O–H groups in total. The van der Waals surface area contributed by atoms with Crippen LogP contribution in [0.25, 0.3) is 0 Å². The van der Waals surface area contributed by atoms with Gasteiger partial charge >= 0.3 is 0 Å². The maximum atomic E-state index is 13.2. The molecule has 0 unspecified atom stereocenters. The zero-order valence-electron chi connectivity index (χ0n) is 10.5. The second-order valence-corrected chi connectivity index (χ2v) is 4.67. The van der Waals surface area contributed by atoms with Crippen molar-refractivity contribution in [3.63, 3.8) is 0 Å². The molecule has 4 nitrogen and oxygen atoms in total. The molecule has 1 aromatic heterocycles. The molecule has 2 aromatic rings. The molecule has 0 atom stereocenters. The van der Waals surface area contributed by atoms with E-state index in [1.807, 2.05) is 0 Å². The minimum atomic E-state index is -0.274. The minimum Gasteiger partial charge on any atom is -0.351 e. The smallest absolute Gasteiger partial charge is 0.296 e. The van der Waals surface area contributed by atoms with Gasteiger partial charge in [-0.25, -0.2) is 4.39 Å². The summed E-state index contributed by atoms with van der Waals surface area (Å²) in [5.74, 6) is -0.286. The summed E-state index contributed by atoms with van der Waals surface area (Å²) < 4.78 is 18.2. The molecule has 1 amide bonds. The van der Waals surface area contributed by atoms with E-state index < -0.39 is 0 Å². The molecule has 98 valence electrons. The number of carbonyl (C=O) groups excluding carboxylic acids is 1. The van der Waals surface area contributed by atoms with E-state index in [0.717, 1.165) is 24.1 Å². The summed E-state index contributed by atoms with van der Waals surface area (Å²) in [6.45, 7) is 2.37. The fourth-order valence-electron chi connectivity index (χ4n) is 2.37. The number of fused-ring (bicyclic) bond motifs is 1. The third kappa shape index (κ3) is 2.12. The molecule has 1 aliphatic heterocycles. The van der Waals surface area contributed by atoms with E-state index in [1.54, 1.807) is 24.0 Å². The van der Waals surface area contributed by atoms with E-state index in [2.05, 4.69) is 5.16 Å². The van der Waals surface area contributed by atoms with Gasteiger partial charge in [-0.2, -0.15) is 0 Å². The lowest BCUT2D eigenvalue weighted by molar-refractivity contribution is 0.0949. The molecule has 2 heterocycles. The number of aryl methyl sites for hydroxylation is 2. The van der Waals surface area contributed by atoms with E-state index in [4.69, 9.17) is 4.52 Å². The summed E-state index contributed by atoms with van der Waals surface area (Å²) in [6.07, 6.45) is 1.60. The Labute approximate surface area is 109 Å². The number of hydrogen-bond donors (Lipinski definition) is 0. The predicted molar refractivity (Wildman–Crippen MR) is 67.6 cm³/mol. The average molecular weight is 260 g/mol. The Morgan fingerprint density at radius 2 is 2.26 bits per heavy atom. The number of amides is 1. The number of halogens is 1. The maximum Gasteiger partial charge on any atom is 0.296 e. The van der Waals surface area contributed by atoms with Crippen molar-refractivity contribution in [1.82, 2.24) is 5.16 Å². The molecule has 19 heavy (non-hydrogen) atoms. The van der Waals surface area contributed by atoms with Gasteiger partial charge in [-0.05, 0) is 43.5 Å². The van der Waals surface area contributed by atoms with E-state index in [-0.39, 0.29) is 17.5 Å². The molecule has 0 aliphatic carbocycles. The van der Waals surface area contributed by atoms with Gasteiger partial charge in [0.2, 0.25) is 5.76 Å². The largest absolute Gasteiger partial charge is 0.351 e.